The van der Waals surface area contributed by atoms with Crippen LogP contribution in [0.15, 0.2) is 40.9 Å². The maximum absolute atomic E-state index is 5.93. The predicted molar refractivity (Wildman–Crippen MR) is 87.4 cm³/mol. The Kier molecular flexibility index (Phi) is 4.58. The molecular weight excluding hydrogens is 314 g/mol. The Bertz CT molecular complexity index is 578. The van der Waals surface area contributed by atoms with Crippen LogP contribution in [-0.2, 0) is 0 Å². The molecule has 0 bridgehead atoms. The summed E-state index contributed by atoms with van der Waals surface area (Å²) in [6.07, 6.45) is 4.96. The number of hydrogen-bond acceptors (Lipinski definition) is 2. The second-order valence-electron chi connectivity index (χ2n) is 5.38. The Morgan fingerprint density at radius 3 is 2.95 bits per heavy atom. The van der Waals surface area contributed by atoms with E-state index < -0.39 is 0 Å². The van der Waals surface area contributed by atoms with Gasteiger partial charge in [-0.3, -0.25) is 0 Å². The largest absolute Gasteiger partial charge is 0.492 e. The third-order valence-electron chi connectivity index (χ3n) is 3.94. The molecule has 0 saturated carbocycles. The van der Waals surface area contributed by atoms with Crippen LogP contribution in [0.25, 0.3) is 10.8 Å². The maximum Gasteiger partial charge on any atom is 0.134 e. The van der Waals surface area contributed by atoms with E-state index in [-0.39, 0.29) is 0 Å². The molecule has 1 heterocycles. The van der Waals surface area contributed by atoms with Gasteiger partial charge in [0.25, 0.3) is 0 Å². The number of hydrogen-bond donors (Lipinski definition) is 1. The van der Waals surface area contributed by atoms with E-state index in [1.807, 2.05) is 0 Å². The molecule has 0 aliphatic carbocycles. The van der Waals surface area contributed by atoms with Gasteiger partial charge >= 0.3 is 0 Å². The highest BCUT2D eigenvalue weighted by atomic mass is 79.9. The summed E-state index contributed by atoms with van der Waals surface area (Å²) in [6, 6.07) is 13.2. The van der Waals surface area contributed by atoms with Crippen LogP contribution in [0.2, 0.25) is 0 Å². The normalized spacial score (nSPS) is 18.6. The van der Waals surface area contributed by atoms with Crippen LogP contribution < -0.4 is 10.1 Å². The molecule has 1 saturated heterocycles. The van der Waals surface area contributed by atoms with E-state index in [4.69, 9.17) is 4.74 Å². The van der Waals surface area contributed by atoms with Gasteiger partial charge in [-0.25, -0.2) is 0 Å². The molecule has 1 fully saturated rings. The van der Waals surface area contributed by atoms with Crippen LogP contribution in [0.4, 0.5) is 0 Å². The van der Waals surface area contributed by atoms with Gasteiger partial charge in [-0.2, -0.15) is 0 Å². The first-order valence-corrected chi connectivity index (χ1v) is 8.17. The predicted octanol–water partition coefficient (Wildman–Crippen LogP) is 4.51. The van der Waals surface area contributed by atoms with E-state index in [0.29, 0.717) is 6.04 Å². The molecule has 3 rings (SSSR count). The van der Waals surface area contributed by atoms with Crippen LogP contribution in [0.5, 0.6) is 5.75 Å². The Morgan fingerprint density at radius 1 is 1.20 bits per heavy atom. The van der Waals surface area contributed by atoms with Gasteiger partial charge in [0.2, 0.25) is 0 Å². The Hall–Kier alpha value is -1.06. The first kappa shape index (κ1) is 13.9. The van der Waals surface area contributed by atoms with Gasteiger partial charge in [0.1, 0.15) is 5.75 Å². The highest BCUT2D eigenvalue weighted by Crippen LogP contribution is 2.33. The highest BCUT2D eigenvalue weighted by Gasteiger charge is 2.13. The summed E-state index contributed by atoms with van der Waals surface area (Å²) in [5.74, 6) is 0.947. The van der Waals surface area contributed by atoms with E-state index in [1.54, 1.807) is 0 Å². The fraction of sp³-hybridized carbons (Fsp3) is 0.412. The monoisotopic (exact) mass is 333 g/mol. The van der Waals surface area contributed by atoms with Gasteiger partial charge in [-0.05, 0) is 65.0 Å². The average Bonchev–Trinajstić information content (AvgIpc) is 2.99. The standard InChI is InChI=1S/C17H20BrNO/c18-17-15-8-2-1-5-13(15)9-10-16(17)20-12-4-7-14-6-3-11-19-14/h1-2,5,8-10,14,19H,3-4,6-7,11-12H2. The molecule has 1 unspecified atom stereocenters. The third kappa shape index (κ3) is 3.15. The van der Waals surface area contributed by atoms with Gasteiger partial charge in [0, 0.05) is 6.04 Å². The molecule has 106 valence electrons. The second-order valence-corrected chi connectivity index (χ2v) is 6.18. The van der Waals surface area contributed by atoms with Crippen molar-refractivity contribution >= 4 is 26.7 Å². The van der Waals surface area contributed by atoms with Crippen LogP contribution in [0.1, 0.15) is 25.7 Å². The topological polar surface area (TPSA) is 21.3 Å². The molecule has 0 radical (unpaired) electrons. The van der Waals surface area contributed by atoms with Crippen molar-refractivity contribution in [3.63, 3.8) is 0 Å². The summed E-state index contributed by atoms with van der Waals surface area (Å²) in [6.45, 7) is 1.97. The first-order valence-electron chi connectivity index (χ1n) is 7.38. The van der Waals surface area contributed by atoms with Gasteiger partial charge in [-0.1, -0.05) is 30.3 Å². The van der Waals surface area contributed by atoms with Crippen LogP contribution >= 0.6 is 15.9 Å². The fourth-order valence-corrected chi connectivity index (χ4v) is 3.45. The highest BCUT2D eigenvalue weighted by molar-refractivity contribution is 9.10. The van der Waals surface area contributed by atoms with E-state index in [9.17, 15) is 0 Å². The minimum absolute atomic E-state index is 0.707. The van der Waals surface area contributed by atoms with E-state index in [1.165, 1.54) is 36.6 Å². The summed E-state index contributed by atoms with van der Waals surface area (Å²) < 4.78 is 6.99. The summed E-state index contributed by atoms with van der Waals surface area (Å²) >= 11 is 3.66. The summed E-state index contributed by atoms with van der Waals surface area (Å²) in [7, 11) is 0. The van der Waals surface area contributed by atoms with Crippen molar-refractivity contribution in [1.82, 2.24) is 5.32 Å². The van der Waals surface area contributed by atoms with Crippen molar-refractivity contribution < 1.29 is 4.74 Å². The maximum atomic E-state index is 5.93. The lowest BCUT2D eigenvalue weighted by Gasteiger charge is -2.12. The minimum atomic E-state index is 0.707. The van der Waals surface area contributed by atoms with E-state index in [2.05, 4.69) is 57.6 Å². The van der Waals surface area contributed by atoms with Crippen LogP contribution in [0.3, 0.4) is 0 Å². The lowest BCUT2D eigenvalue weighted by molar-refractivity contribution is 0.297. The minimum Gasteiger partial charge on any atom is -0.492 e. The smallest absolute Gasteiger partial charge is 0.134 e. The summed E-state index contributed by atoms with van der Waals surface area (Å²) in [5, 5.41) is 5.97. The Labute approximate surface area is 128 Å². The zero-order valence-electron chi connectivity index (χ0n) is 11.6. The zero-order valence-corrected chi connectivity index (χ0v) is 13.2. The molecule has 3 heteroatoms. The van der Waals surface area contributed by atoms with Crippen molar-refractivity contribution in [2.75, 3.05) is 13.2 Å². The molecule has 1 N–H and O–H groups in total. The van der Waals surface area contributed by atoms with Crippen molar-refractivity contribution in [3.05, 3.63) is 40.9 Å². The van der Waals surface area contributed by atoms with Gasteiger partial charge in [0.05, 0.1) is 11.1 Å². The van der Waals surface area contributed by atoms with Crippen LogP contribution in [0, 0.1) is 0 Å². The van der Waals surface area contributed by atoms with Gasteiger partial charge < -0.3 is 10.1 Å². The lowest BCUT2D eigenvalue weighted by atomic mass is 10.1. The zero-order chi connectivity index (χ0) is 13.8. The second kappa shape index (κ2) is 6.59. The molecule has 2 aromatic rings. The molecule has 2 nitrogen and oxygen atoms in total. The Balaban J connectivity index is 1.58. The fourth-order valence-electron chi connectivity index (χ4n) is 2.84. The number of rotatable bonds is 5. The van der Waals surface area contributed by atoms with E-state index >= 15 is 0 Å². The molecule has 1 aliphatic heterocycles. The molecule has 2 aromatic carbocycles. The lowest BCUT2D eigenvalue weighted by Crippen LogP contribution is -2.21. The Morgan fingerprint density at radius 2 is 2.10 bits per heavy atom. The summed E-state index contributed by atoms with van der Waals surface area (Å²) in [4.78, 5) is 0. The van der Waals surface area contributed by atoms with Gasteiger partial charge in [0.15, 0.2) is 0 Å². The van der Waals surface area contributed by atoms with Crippen molar-refractivity contribution in [2.45, 2.75) is 31.7 Å². The van der Waals surface area contributed by atoms with Crippen LogP contribution in [-0.4, -0.2) is 19.2 Å². The van der Waals surface area contributed by atoms with Crippen molar-refractivity contribution in [2.24, 2.45) is 0 Å². The van der Waals surface area contributed by atoms with Gasteiger partial charge in [-0.15, -0.1) is 0 Å². The number of halogens is 1. The SMILES string of the molecule is Brc1c(OCCCC2CCCN2)ccc2ccccc12. The molecule has 1 aliphatic rings. The van der Waals surface area contributed by atoms with Crippen molar-refractivity contribution in [1.29, 1.82) is 0 Å². The average molecular weight is 334 g/mol. The van der Waals surface area contributed by atoms with E-state index in [0.717, 1.165) is 23.2 Å². The first-order chi connectivity index (χ1) is 9.84. The number of nitrogens with one attached hydrogen (secondary N) is 1. The number of ether oxygens (including phenoxy) is 1. The quantitative estimate of drug-likeness (QED) is 0.812. The molecule has 0 spiro atoms. The summed E-state index contributed by atoms with van der Waals surface area (Å²) in [5.41, 5.74) is 0. The molecule has 0 aromatic heterocycles. The third-order valence-corrected chi connectivity index (χ3v) is 4.76. The molecule has 0 amide bonds. The number of benzene rings is 2. The molecule has 1 atom stereocenters. The van der Waals surface area contributed by atoms with Crippen molar-refractivity contribution in [3.8, 4) is 5.75 Å². The number of fused-ring (bicyclic) bond motifs is 1. The molecule has 20 heavy (non-hydrogen) atoms. The molecular formula is C17H20BrNO.